The van der Waals surface area contributed by atoms with E-state index in [0.717, 1.165) is 38.9 Å². The smallest absolute Gasteiger partial charge is 0.0594 e. The maximum atomic E-state index is 5.45. The second-order valence-electron chi connectivity index (χ2n) is 7.00. The highest BCUT2D eigenvalue weighted by atomic mass is 16.5. The van der Waals surface area contributed by atoms with Crippen LogP contribution in [0, 0.1) is 0 Å². The molecule has 4 nitrogen and oxygen atoms in total. The Balaban J connectivity index is 1.42. The monoisotopic (exact) mass is 267 g/mol. The summed E-state index contributed by atoms with van der Waals surface area (Å²) in [7, 11) is 0. The van der Waals surface area contributed by atoms with Crippen LogP contribution in [0.1, 0.15) is 33.1 Å². The molecule has 0 aromatic carbocycles. The second kappa shape index (κ2) is 5.68. The largest absolute Gasteiger partial charge is 0.379 e. The lowest BCUT2D eigenvalue weighted by Crippen LogP contribution is -2.56. The van der Waals surface area contributed by atoms with Crippen LogP contribution < -0.4 is 5.32 Å². The fourth-order valence-electron chi connectivity index (χ4n) is 3.40. The van der Waals surface area contributed by atoms with Crippen molar-refractivity contribution in [2.45, 2.75) is 50.7 Å². The molecule has 1 unspecified atom stereocenters. The van der Waals surface area contributed by atoms with Gasteiger partial charge in [-0.2, -0.15) is 0 Å². The number of likely N-dealkylation sites (tertiary alicyclic amines) is 1. The Morgan fingerprint density at radius 3 is 2.53 bits per heavy atom. The Kier molecular flexibility index (Phi) is 4.13. The van der Waals surface area contributed by atoms with Crippen molar-refractivity contribution in [1.29, 1.82) is 0 Å². The van der Waals surface area contributed by atoms with Crippen LogP contribution in [0.4, 0.5) is 0 Å². The zero-order valence-corrected chi connectivity index (χ0v) is 12.5. The van der Waals surface area contributed by atoms with Crippen molar-refractivity contribution in [3.63, 3.8) is 0 Å². The molecule has 2 aliphatic heterocycles. The van der Waals surface area contributed by atoms with Crippen molar-refractivity contribution in [3.05, 3.63) is 0 Å². The number of nitrogens with one attached hydrogen (secondary N) is 1. The summed E-state index contributed by atoms with van der Waals surface area (Å²) in [6.45, 7) is 12.3. The predicted octanol–water partition coefficient (Wildman–Crippen LogP) is 0.924. The molecular formula is C15H29N3O. The Labute approximate surface area is 117 Å². The van der Waals surface area contributed by atoms with E-state index < -0.39 is 0 Å². The van der Waals surface area contributed by atoms with Crippen molar-refractivity contribution < 1.29 is 4.74 Å². The summed E-state index contributed by atoms with van der Waals surface area (Å²) in [5, 5.41) is 3.81. The van der Waals surface area contributed by atoms with Crippen molar-refractivity contribution in [1.82, 2.24) is 15.1 Å². The molecule has 0 spiro atoms. The first-order chi connectivity index (χ1) is 9.15. The third-order valence-corrected chi connectivity index (χ3v) is 4.97. The van der Waals surface area contributed by atoms with Gasteiger partial charge in [0, 0.05) is 50.3 Å². The number of hydrogen-bond acceptors (Lipinski definition) is 4. The minimum atomic E-state index is 0.247. The van der Waals surface area contributed by atoms with Crippen LogP contribution in [0.5, 0.6) is 0 Å². The quantitative estimate of drug-likeness (QED) is 0.802. The van der Waals surface area contributed by atoms with Crippen LogP contribution >= 0.6 is 0 Å². The molecule has 2 heterocycles. The molecule has 0 radical (unpaired) electrons. The van der Waals surface area contributed by atoms with Crippen molar-refractivity contribution in [3.8, 4) is 0 Å². The van der Waals surface area contributed by atoms with E-state index >= 15 is 0 Å². The third kappa shape index (κ3) is 3.48. The molecule has 3 rings (SSSR count). The number of hydrogen-bond donors (Lipinski definition) is 1. The zero-order valence-electron chi connectivity index (χ0n) is 12.5. The van der Waals surface area contributed by atoms with Crippen molar-refractivity contribution in [2.24, 2.45) is 0 Å². The molecular weight excluding hydrogens is 238 g/mol. The van der Waals surface area contributed by atoms with Gasteiger partial charge in [-0.05, 0) is 33.1 Å². The molecule has 110 valence electrons. The molecule has 1 saturated carbocycles. The number of rotatable bonds is 5. The van der Waals surface area contributed by atoms with Crippen molar-refractivity contribution >= 4 is 0 Å². The lowest BCUT2D eigenvalue weighted by molar-refractivity contribution is -0.0103. The zero-order chi connectivity index (χ0) is 13.3. The molecule has 3 fully saturated rings. The lowest BCUT2D eigenvalue weighted by Gasteiger charge is -2.41. The van der Waals surface area contributed by atoms with Crippen LogP contribution in [0.25, 0.3) is 0 Å². The van der Waals surface area contributed by atoms with Gasteiger partial charge in [0.05, 0.1) is 13.2 Å². The number of ether oxygens (including phenoxy) is 1. The highest BCUT2D eigenvalue weighted by Gasteiger charge is 2.35. The van der Waals surface area contributed by atoms with Gasteiger partial charge in [-0.3, -0.25) is 9.80 Å². The van der Waals surface area contributed by atoms with Crippen LogP contribution in [0.15, 0.2) is 0 Å². The highest BCUT2D eigenvalue weighted by molar-refractivity contribution is 4.93. The van der Waals surface area contributed by atoms with Gasteiger partial charge in [0.1, 0.15) is 0 Å². The van der Waals surface area contributed by atoms with Gasteiger partial charge < -0.3 is 10.1 Å². The van der Waals surface area contributed by atoms with E-state index in [4.69, 9.17) is 4.74 Å². The van der Waals surface area contributed by atoms with E-state index in [1.165, 1.54) is 32.4 Å². The fourth-order valence-corrected chi connectivity index (χ4v) is 3.40. The molecule has 0 aromatic rings. The molecule has 0 aromatic heterocycles. The number of nitrogens with zero attached hydrogens (tertiary/aromatic N) is 2. The second-order valence-corrected chi connectivity index (χ2v) is 7.00. The van der Waals surface area contributed by atoms with Gasteiger partial charge in [-0.15, -0.1) is 0 Å². The number of morpholine rings is 1. The summed E-state index contributed by atoms with van der Waals surface area (Å²) >= 11 is 0. The van der Waals surface area contributed by atoms with Gasteiger partial charge in [0.15, 0.2) is 0 Å². The van der Waals surface area contributed by atoms with E-state index in [0.29, 0.717) is 6.04 Å². The molecule has 1 aliphatic carbocycles. The van der Waals surface area contributed by atoms with E-state index in [1.54, 1.807) is 0 Å². The molecule has 0 amide bonds. The third-order valence-electron chi connectivity index (χ3n) is 4.97. The first-order valence-corrected chi connectivity index (χ1v) is 7.95. The molecule has 19 heavy (non-hydrogen) atoms. The highest BCUT2D eigenvalue weighted by Crippen LogP contribution is 2.29. The topological polar surface area (TPSA) is 27.7 Å². The normalized spacial score (nSPS) is 30.9. The van der Waals surface area contributed by atoms with Crippen LogP contribution in [-0.4, -0.2) is 73.4 Å². The van der Waals surface area contributed by atoms with Crippen molar-refractivity contribution in [2.75, 3.05) is 45.9 Å². The van der Waals surface area contributed by atoms with Crippen LogP contribution in [-0.2, 0) is 4.74 Å². The molecule has 4 heteroatoms. The molecule has 3 aliphatic rings. The van der Waals surface area contributed by atoms with Gasteiger partial charge in [0.2, 0.25) is 0 Å². The summed E-state index contributed by atoms with van der Waals surface area (Å²) in [4.78, 5) is 5.25. The summed E-state index contributed by atoms with van der Waals surface area (Å²) in [5.74, 6) is 0. The Morgan fingerprint density at radius 2 is 1.84 bits per heavy atom. The van der Waals surface area contributed by atoms with Gasteiger partial charge in [0.25, 0.3) is 0 Å². The predicted molar refractivity (Wildman–Crippen MR) is 77.5 cm³/mol. The van der Waals surface area contributed by atoms with Gasteiger partial charge >= 0.3 is 0 Å². The van der Waals surface area contributed by atoms with E-state index in [2.05, 4.69) is 29.0 Å². The van der Waals surface area contributed by atoms with Gasteiger partial charge in [-0.1, -0.05) is 0 Å². The minimum Gasteiger partial charge on any atom is -0.379 e. The molecule has 1 N–H and O–H groups in total. The lowest BCUT2D eigenvalue weighted by atomic mass is 10.0. The molecule has 0 bridgehead atoms. The fraction of sp³-hybridized carbons (Fsp3) is 1.00. The van der Waals surface area contributed by atoms with E-state index in [1.807, 2.05) is 0 Å². The summed E-state index contributed by atoms with van der Waals surface area (Å²) < 4.78 is 5.45. The summed E-state index contributed by atoms with van der Waals surface area (Å²) in [5.41, 5.74) is 0.247. The first-order valence-electron chi connectivity index (χ1n) is 7.95. The average molecular weight is 267 g/mol. The average Bonchev–Trinajstić information content (AvgIpc) is 3.17. The molecule has 2 saturated heterocycles. The van der Waals surface area contributed by atoms with Gasteiger partial charge in [-0.25, -0.2) is 0 Å². The maximum absolute atomic E-state index is 5.45. The van der Waals surface area contributed by atoms with Crippen LogP contribution in [0.3, 0.4) is 0 Å². The minimum absolute atomic E-state index is 0.247. The van der Waals surface area contributed by atoms with E-state index in [-0.39, 0.29) is 5.54 Å². The van der Waals surface area contributed by atoms with Crippen LogP contribution in [0.2, 0.25) is 0 Å². The Hall–Kier alpha value is -0.160. The molecule has 1 atom stereocenters. The maximum Gasteiger partial charge on any atom is 0.0594 e. The Bertz CT molecular complexity index is 298. The summed E-state index contributed by atoms with van der Waals surface area (Å²) in [6, 6.07) is 1.64. The first kappa shape index (κ1) is 13.8. The Morgan fingerprint density at radius 1 is 1.11 bits per heavy atom. The summed E-state index contributed by atoms with van der Waals surface area (Å²) in [6.07, 6.45) is 4.20. The SMILES string of the molecule is CC(C)(CNC1CCN(C2CC2)C1)N1CCOCC1. The van der Waals surface area contributed by atoms with E-state index in [9.17, 15) is 0 Å². The standard InChI is InChI=1S/C15H29N3O/c1-15(2,18-7-9-19-10-8-18)12-16-13-5-6-17(11-13)14-3-4-14/h13-14,16H,3-12H2,1-2H3.